The van der Waals surface area contributed by atoms with E-state index in [1.54, 1.807) is 7.11 Å². The normalized spacial score (nSPS) is 13.1. The van der Waals surface area contributed by atoms with Gasteiger partial charge >= 0.3 is 0 Å². The first-order chi connectivity index (χ1) is 11.3. The lowest BCUT2D eigenvalue weighted by Crippen LogP contribution is -2.23. The molecular formula is C19H29N3O2. The molecule has 1 unspecified atom stereocenters. The van der Waals surface area contributed by atoms with Crippen LogP contribution in [0.15, 0.2) is 30.5 Å². The van der Waals surface area contributed by atoms with Crippen LogP contribution in [0.5, 0.6) is 5.75 Å². The number of hydrogen-bond donors (Lipinski definition) is 2. The van der Waals surface area contributed by atoms with Gasteiger partial charge in [-0.3, -0.25) is 4.68 Å². The second-order valence-electron chi connectivity index (χ2n) is 7.27. The van der Waals surface area contributed by atoms with E-state index >= 15 is 0 Å². The van der Waals surface area contributed by atoms with Gasteiger partial charge in [-0.1, -0.05) is 19.1 Å². The molecule has 0 aliphatic rings. The second-order valence-corrected chi connectivity index (χ2v) is 7.27. The van der Waals surface area contributed by atoms with E-state index in [9.17, 15) is 0 Å². The highest BCUT2D eigenvalue weighted by Gasteiger charge is 2.19. The molecule has 1 heterocycles. The zero-order chi connectivity index (χ0) is 17.7. The SMILES string of the molecule is COc1cccc(-c2nn(C(C)(C)C)cc2CNCC(C)CO)c1. The third-order valence-corrected chi connectivity index (χ3v) is 3.94. The third kappa shape index (κ3) is 4.58. The second kappa shape index (κ2) is 7.81. The average Bonchev–Trinajstić information content (AvgIpc) is 2.99. The molecule has 1 aromatic carbocycles. The Kier molecular flexibility index (Phi) is 6.02. The smallest absolute Gasteiger partial charge is 0.119 e. The van der Waals surface area contributed by atoms with Crippen LogP contribution < -0.4 is 10.1 Å². The summed E-state index contributed by atoms with van der Waals surface area (Å²) in [6.45, 7) is 10.1. The fourth-order valence-electron chi connectivity index (χ4n) is 2.41. The van der Waals surface area contributed by atoms with Crippen molar-refractivity contribution < 1.29 is 9.84 Å². The summed E-state index contributed by atoms with van der Waals surface area (Å²) < 4.78 is 7.35. The Labute approximate surface area is 144 Å². The Morgan fingerprint density at radius 2 is 2.08 bits per heavy atom. The van der Waals surface area contributed by atoms with E-state index in [1.165, 1.54) is 0 Å². The van der Waals surface area contributed by atoms with E-state index in [1.807, 2.05) is 29.8 Å². The number of nitrogens with zero attached hydrogens (tertiary/aromatic N) is 2. The summed E-state index contributed by atoms with van der Waals surface area (Å²) in [6.07, 6.45) is 2.10. The van der Waals surface area contributed by atoms with Crippen LogP contribution in [0.2, 0.25) is 0 Å². The summed E-state index contributed by atoms with van der Waals surface area (Å²) in [6, 6.07) is 7.98. The van der Waals surface area contributed by atoms with Crippen LogP contribution in [0.3, 0.4) is 0 Å². The molecule has 0 amide bonds. The fraction of sp³-hybridized carbons (Fsp3) is 0.526. The molecule has 0 saturated carbocycles. The largest absolute Gasteiger partial charge is 0.497 e. The number of rotatable bonds is 7. The molecule has 1 aromatic heterocycles. The van der Waals surface area contributed by atoms with Gasteiger partial charge < -0.3 is 15.2 Å². The van der Waals surface area contributed by atoms with Crippen molar-refractivity contribution in [2.24, 2.45) is 5.92 Å². The van der Waals surface area contributed by atoms with E-state index in [-0.39, 0.29) is 18.1 Å². The van der Waals surface area contributed by atoms with Crippen molar-refractivity contribution in [3.8, 4) is 17.0 Å². The summed E-state index contributed by atoms with van der Waals surface area (Å²) in [5, 5.41) is 17.4. The Morgan fingerprint density at radius 3 is 2.71 bits per heavy atom. The molecule has 5 nitrogen and oxygen atoms in total. The number of methoxy groups -OCH3 is 1. The molecule has 1 atom stereocenters. The van der Waals surface area contributed by atoms with E-state index < -0.39 is 0 Å². The maximum absolute atomic E-state index is 9.16. The quantitative estimate of drug-likeness (QED) is 0.819. The number of aliphatic hydroxyl groups excluding tert-OH is 1. The minimum Gasteiger partial charge on any atom is -0.497 e. The minimum absolute atomic E-state index is 0.0791. The molecule has 0 aliphatic heterocycles. The Balaban J connectivity index is 2.31. The predicted molar refractivity (Wildman–Crippen MR) is 97.2 cm³/mol. The Hall–Kier alpha value is -1.85. The lowest BCUT2D eigenvalue weighted by Gasteiger charge is -2.18. The molecule has 0 bridgehead atoms. The van der Waals surface area contributed by atoms with Gasteiger partial charge in [-0.15, -0.1) is 0 Å². The third-order valence-electron chi connectivity index (χ3n) is 3.94. The van der Waals surface area contributed by atoms with Crippen LogP contribution in [0.25, 0.3) is 11.3 Å². The highest BCUT2D eigenvalue weighted by atomic mass is 16.5. The predicted octanol–water partition coefficient (Wildman–Crippen LogP) is 3.03. The van der Waals surface area contributed by atoms with Gasteiger partial charge in [0.15, 0.2) is 0 Å². The van der Waals surface area contributed by atoms with Crippen LogP contribution in [0.1, 0.15) is 33.3 Å². The van der Waals surface area contributed by atoms with Gasteiger partial charge in [0.05, 0.1) is 18.3 Å². The van der Waals surface area contributed by atoms with Crippen molar-refractivity contribution in [3.05, 3.63) is 36.0 Å². The van der Waals surface area contributed by atoms with Crippen molar-refractivity contribution >= 4 is 0 Å². The summed E-state index contributed by atoms with van der Waals surface area (Å²) in [7, 11) is 1.67. The molecule has 24 heavy (non-hydrogen) atoms. The van der Waals surface area contributed by atoms with Crippen molar-refractivity contribution in [2.75, 3.05) is 20.3 Å². The fourth-order valence-corrected chi connectivity index (χ4v) is 2.41. The van der Waals surface area contributed by atoms with E-state index in [4.69, 9.17) is 14.9 Å². The first-order valence-electron chi connectivity index (χ1n) is 8.40. The topological polar surface area (TPSA) is 59.3 Å². The molecule has 0 fully saturated rings. The number of aromatic nitrogens is 2. The molecule has 0 spiro atoms. The van der Waals surface area contributed by atoms with Gasteiger partial charge in [0.25, 0.3) is 0 Å². The molecule has 5 heteroatoms. The maximum atomic E-state index is 9.16. The minimum atomic E-state index is -0.0791. The molecule has 2 rings (SSSR count). The van der Waals surface area contributed by atoms with E-state index in [0.717, 1.165) is 29.1 Å². The summed E-state index contributed by atoms with van der Waals surface area (Å²) >= 11 is 0. The standard InChI is InChI=1S/C19H29N3O2/c1-14(13-23)10-20-11-16-12-22(19(2,3)4)21-18(16)15-7-6-8-17(9-15)24-5/h6-9,12,14,20,23H,10-11,13H2,1-5H3. The van der Waals surface area contributed by atoms with Crippen molar-refractivity contribution in [3.63, 3.8) is 0 Å². The molecule has 2 N–H and O–H groups in total. The van der Waals surface area contributed by atoms with Crippen molar-refractivity contribution in [1.82, 2.24) is 15.1 Å². The molecule has 0 saturated heterocycles. The lowest BCUT2D eigenvalue weighted by atomic mass is 10.1. The molecule has 132 valence electrons. The molecule has 2 aromatic rings. The molecule has 0 radical (unpaired) electrons. The Bertz CT molecular complexity index is 659. The number of hydrogen-bond acceptors (Lipinski definition) is 4. The van der Waals surface area contributed by atoms with Crippen molar-refractivity contribution in [2.45, 2.75) is 39.8 Å². The zero-order valence-electron chi connectivity index (χ0n) is 15.3. The highest BCUT2D eigenvalue weighted by Crippen LogP contribution is 2.27. The van der Waals surface area contributed by atoms with E-state index in [0.29, 0.717) is 6.54 Å². The van der Waals surface area contributed by atoms with Crippen LogP contribution in [-0.2, 0) is 12.1 Å². The van der Waals surface area contributed by atoms with E-state index in [2.05, 4.69) is 38.4 Å². The summed E-state index contributed by atoms with van der Waals surface area (Å²) in [5.41, 5.74) is 3.07. The lowest BCUT2D eigenvalue weighted by molar-refractivity contribution is 0.233. The number of ether oxygens (including phenoxy) is 1. The zero-order valence-corrected chi connectivity index (χ0v) is 15.3. The van der Waals surface area contributed by atoms with Gasteiger partial charge in [-0.2, -0.15) is 5.10 Å². The van der Waals surface area contributed by atoms with Crippen LogP contribution in [0.4, 0.5) is 0 Å². The summed E-state index contributed by atoms with van der Waals surface area (Å²) in [5.74, 6) is 1.06. The van der Waals surface area contributed by atoms with Gasteiger partial charge in [0.1, 0.15) is 5.75 Å². The maximum Gasteiger partial charge on any atom is 0.119 e. The monoisotopic (exact) mass is 331 g/mol. The molecular weight excluding hydrogens is 302 g/mol. The average molecular weight is 331 g/mol. The summed E-state index contributed by atoms with van der Waals surface area (Å²) in [4.78, 5) is 0. The molecule has 0 aliphatic carbocycles. The first-order valence-corrected chi connectivity index (χ1v) is 8.40. The van der Waals surface area contributed by atoms with Crippen molar-refractivity contribution in [1.29, 1.82) is 0 Å². The number of aliphatic hydroxyl groups is 1. The van der Waals surface area contributed by atoms with Crippen LogP contribution in [0, 0.1) is 5.92 Å². The van der Waals surface area contributed by atoms with Gasteiger partial charge in [0.2, 0.25) is 0 Å². The Morgan fingerprint density at radius 1 is 1.33 bits per heavy atom. The number of nitrogens with one attached hydrogen (secondary N) is 1. The first kappa shape index (κ1) is 18.5. The van der Waals surface area contributed by atoms with Gasteiger partial charge in [-0.05, 0) is 38.8 Å². The highest BCUT2D eigenvalue weighted by molar-refractivity contribution is 5.64. The number of benzene rings is 1. The van der Waals surface area contributed by atoms with Crippen LogP contribution in [-0.4, -0.2) is 35.1 Å². The van der Waals surface area contributed by atoms with Gasteiger partial charge in [0, 0.05) is 37.0 Å². The van der Waals surface area contributed by atoms with Crippen LogP contribution >= 0.6 is 0 Å². The van der Waals surface area contributed by atoms with Gasteiger partial charge in [-0.25, -0.2) is 0 Å².